The maximum absolute atomic E-state index is 13.4. The summed E-state index contributed by atoms with van der Waals surface area (Å²) < 4.78 is 27.7. The molecule has 21 heavy (non-hydrogen) atoms. The van der Waals surface area contributed by atoms with E-state index in [1.54, 1.807) is 19.1 Å². The Balaban J connectivity index is 2.30. The molecule has 0 fully saturated rings. The fourth-order valence-electron chi connectivity index (χ4n) is 2.36. The molecule has 0 aliphatic heterocycles. The summed E-state index contributed by atoms with van der Waals surface area (Å²) in [6.07, 6.45) is 0.636. The van der Waals surface area contributed by atoms with Crippen molar-refractivity contribution < 1.29 is 8.78 Å². The van der Waals surface area contributed by atoms with E-state index in [1.807, 2.05) is 13.0 Å². The first-order valence-corrected chi connectivity index (χ1v) is 7.74. The van der Waals surface area contributed by atoms with E-state index in [1.165, 1.54) is 18.2 Å². The van der Waals surface area contributed by atoms with Gasteiger partial charge in [-0.05, 0) is 60.8 Å². The SMILES string of the molecule is CCNC(Cc1cc(F)ccc1Br)c1ccc(F)c(C)c1. The highest BCUT2D eigenvalue weighted by molar-refractivity contribution is 9.10. The predicted molar refractivity (Wildman–Crippen MR) is 85.4 cm³/mol. The first-order valence-electron chi connectivity index (χ1n) is 6.94. The minimum Gasteiger partial charge on any atom is -0.310 e. The average molecular weight is 354 g/mol. The molecule has 0 saturated carbocycles. The molecule has 2 aromatic carbocycles. The van der Waals surface area contributed by atoms with Gasteiger partial charge in [0.05, 0.1) is 0 Å². The molecule has 0 radical (unpaired) electrons. The summed E-state index contributed by atoms with van der Waals surface area (Å²) in [4.78, 5) is 0. The Morgan fingerprint density at radius 2 is 1.90 bits per heavy atom. The third-order valence-corrected chi connectivity index (χ3v) is 4.24. The van der Waals surface area contributed by atoms with Crippen LogP contribution >= 0.6 is 15.9 Å². The summed E-state index contributed by atoms with van der Waals surface area (Å²) in [6.45, 7) is 4.55. The number of nitrogens with one attached hydrogen (secondary N) is 1. The Kier molecular flexibility index (Phi) is 5.48. The van der Waals surface area contributed by atoms with Gasteiger partial charge in [-0.15, -0.1) is 0 Å². The highest BCUT2D eigenvalue weighted by Gasteiger charge is 2.14. The minimum atomic E-state index is -0.251. The quantitative estimate of drug-likeness (QED) is 0.803. The van der Waals surface area contributed by atoms with Crippen LogP contribution < -0.4 is 5.32 Å². The Morgan fingerprint density at radius 3 is 2.57 bits per heavy atom. The van der Waals surface area contributed by atoms with Crippen molar-refractivity contribution in [1.82, 2.24) is 5.32 Å². The highest BCUT2D eigenvalue weighted by Crippen LogP contribution is 2.25. The van der Waals surface area contributed by atoms with Crippen LogP contribution in [0.3, 0.4) is 0 Å². The monoisotopic (exact) mass is 353 g/mol. The second kappa shape index (κ2) is 7.14. The van der Waals surface area contributed by atoms with Gasteiger partial charge >= 0.3 is 0 Å². The summed E-state index contributed by atoms with van der Waals surface area (Å²) in [6, 6.07) is 9.80. The first-order chi connectivity index (χ1) is 10.0. The summed E-state index contributed by atoms with van der Waals surface area (Å²) in [5.74, 6) is -0.459. The van der Waals surface area contributed by atoms with Gasteiger partial charge in [0.2, 0.25) is 0 Å². The highest BCUT2D eigenvalue weighted by atomic mass is 79.9. The normalized spacial score (nSPS) is 12.4. The van der Waals surface area contributed by atoms with Crippen LogP contribution in [0.4, 0.5) is 8.78 Å². The number of halogens is 3. The molecule has 0 spiro atoms. The molecule has 0 aliphatic carbocycles. The molecule has 0 aromatic heterocycles. The molecule has 0 saturated heterocycles. The number of benzene rings is 2. The number of hydrogen-bond acceptors (Lipinski definition) is 1. The van der Waals surface area contributed by atoms with E-state index >= 15 is 0 Å². The minimum absolute atomic E-state index is 0.0207. The average Bonchev–Trinajstić information content (AvgIpc) is 2.45. The third-order valence-electron chi connectivity index (χ3n) is 3.47. The maximum Gasteiger partial charge on any atom is 0.126 e. The Labute approximate surface area is 132 Å². The number of rotatable bonds is 5. The van der Waals surface area contributed by atoms with Gasteiger partial charge in [0.1, 0.15) is 11.6 Å². The molecule has 0 heterocycles. The van der Waals surface area contributed by atoms with Crippen LogP contribution in [0.15, 0.2) is 40.9 Å². The summed E-state index contributed by atoms with van der Waals surface area (Å²) in [5, 5.41) is 3.38. The molecule has 1 N–H and O–H groups in total. The van der Waals surface area contributed by atoms with Crippen LogP contribution in [0.5, 0.6) is 0 Å². The Bertz CT molecular complexity index is 628. The molecule has 0 amide bonds. The zero-order chi connectivity index (χ0) is 15.4. The van der Waals surface area contributed by atoms with E-state index in [-0.39, 0.29) is 17.7 Å². The largest absolute Gasteiger partial charge is 0.310 e. The number of hydrogen-bond donors (Lipinski definition) is 1. The molecular formula is C17H18BrF2N. The molecule has 1 nitrogen and oxygen atoms in total. The second-order valence-corrected chi connectivity index (χ2v) is 5.91. The summed E-state index contributed by atoms with van der Waals surface area (Å²) in [5.41, 5.74) is 2.52. The third kappa shape index (κ3) is 4.11. The fourth-order valence-corrected chi connectivity index (χ4v) is 2.77. The van der Waals surface area contributed by atoms with E-state index < -0.39 is 0 Å². The van der Waals surface area contributed by atoms with Crippen LogP contribution in [0.25, 0.3) is 0 Å². The molecule has 1 atom stereocenters. The summed E-state index contributed by atoms with van der Waals surface area (Å²) >= 11 is 3.45. The number of aryl methyl sites for hydroxylation is 1. The molecule has 2 aromatic rings. The van der Waals surface area contributed by atoms with Crippen LogP contribution in [-0.4, -0.2) is 6.54 Å². The lowest BCUT2D eigenvalue weighted by molar-refractivity contribution is 0.542. The maximum atomic E-state index is 13.4. The van der Waals surface area contributed by atoms with E-state index in [9.17, 15) is 8.78 Å². The predicted octanol–water partition coefficient (Wildman–Crippen LogP) is 4.93. The molecule has 2 rings (SSSR count). The molecule has 112 valence electrons. The van der Waals surface area contributed by atoms with Gasteiger partial charge in [0.15, 0.2) is 0 Å². The molecule has 0 bridgehead atoms. The van der Waals surface area contributed by atoms with Crippen molar-refractivity contribution in [3.63, 3.8) is 0 Å². The van der Waals surface area contributed by atoms with E-state index in [4.69, 9.17) is 0 Å². The van der Waals surface area contributed by atoms with Gasteiger partial charge in [-0.1, -0.05) is 35.0 Å². The Hall–Kier alpha value is -1.26. The fraction of sp³-hybridized carbons (Fsp3) is 0.294. The van der Waals surface area contributed by atoms with Gasteiger partial charge < -0.3 is 5.32 Å². The lowest BCUT2D eigenvalue weighted by Crippen LogP contribution is -2.23. The molecular weight excluding hydrogens is 336 g/mol. The van der Waals surface area contributed by atoms with Gasteiger partial charge in [-0.25, -0.2) is 8.78 Å². The van der Waals surface area contributed by atoms with Crippen molar-refractivity contribution in [3.05, 3.63) is 69.2 Å². The second-order valence-electron chi connectivity index (χ2n) is 5.06. The van der Waals surface area contributed by atoms with Crippen LogP contribution in [0.1, 0.15) is 29.7 Å². The number of likely N-dealkylation sites (N-methyl/N-ethyl adjacent to an activating group) is 1. The van der Waals surface area contributed by atoms with Crippen LogP contribution in [-0.2, 0) is 6.42 Å². The van der Waals surface area contributed by atoms with E-state index in [2.05, 4.69) is 21.2 Å². The van der Waals surface area contributed by atoms with Crippen molar-refractivity contribution >= 4 is 15.9 Å². The molecule has 0 aliphatic rings. The standard InChI is InChI=1S/C17H18BrF2N/c1-3-21-17(12-4-7-16(20)11(2)8-12)10-13-9-14(19)5-6-15(13)18/h4-9,17,21H,3,10H2,1-2H3. The Morgan fingerprint density at radius 1 is 1.14 bits per heavy atom. The lowest BCUT2D eigenvalue weighted by atomic mass is 9.97. The van der Waals surface area contributed by atoms with Gasteiger partial charge in [0, 0.05) is 10.5 Å². The van der Waals surface area contributed by atoms with Crippen molar-refractivity contribution in [2.45, 2.75) is 26.3 Å². The van der Waals surface area contributed by atoms with E-state index in [0.29, 0.717) is 12.0 Å². The molecule has 1 unspecified atom stereocenters. The zero-order valence-corrected chi connectivity index (χ0v) is 13.7. The van der Waals surface area contributed by atoms with E-state index in [0.717, 1.165) is 22.1 Å². The molecule has 4 heteroatoms. The first kappa shape index (κ1) is 16.1. The zero-order valence-electron chi connectivity index (χ0n) is 12.1. The summed E-state index contributed by atoms with van der Waals surface area (Å²) in [7, 11) is 0. The van der Waals surface area contributed by atoms with Crippen LogP contribution in [0, 0.1) is 18.6 Å². The topological polar surface area (TPSA) is 12.0 Å². The van der Waals surface area contributed by atoms with Crippen molar-refractivity contribution in [3.8, 4) is 0 Å². The van der Waals surface area contributed by atoms with Crippen molar-refractivity contribution in [2.24, 2.45) is 0 Å². The van der Waals surface area contributed by atoms with Crippen molar-refractivity contribution in [1.29, 1.82) is 0 Å². The lowest BCUT2D eigenvalue weighted by Gasteiger charge is -2.20. The smallest absolute Gasteiger partial charge is 0.126 e. The van der Waals surface area contributed by atoms with Crippen molar-refractivity contribution in [2.75, 3.05) is 6.54 Å². The van der Waals surface area contributed by atoms with Gasteiger partial charge in [-0.2, -0.15) is 0 Å². The van der Waals surface area contributed by atoms with Gasteiger partial charge in [-0.3, -0.25) is 0 Å². The van der Waals surface area contributed by atoms with Gasteiger partial charge in [0.25, 0.3) is 0 Å². The van der Waals surface area contributed by atoms with Crippen LogP contribution in [0.2, 0.25) is 0 Å².